The molecule has 1 aliphatic rings. The van der Waals surface area contributed by atoms with Gasteiger partial charge >= 0.3 is 5.97 Å². The second kappa shape index (κ2) is 7.95. The minimum atomic E-state index is -0.379. The molecule has 1 amide bonds. The molecule has 0 spiro atoms. The number of rotatable bonds is 3. The average molecular weight is 365 g/mol. The molecule has 0 N–H and O–H groups in total. The van der Waals surface area contributed by atoms with Crippen LogP contribution in [0.2, 0.25) is 0 Å². The summed E-state index contributed by atoms with van der Waals surface area (Å²) >= 11 is 0. The second-order valence-corrected chi connectivity index (χ2v) is 7.31. The van der Waals surface area contributed by atoms with E-state index in [-0.39, 0.29) is 11.9 Å². The van der Waals surface area contributed by atoms with Gasteiger partial charge in [0.05, 0.1) is 5.56 Å². The number of likely N-dealkylation sites (tertiary alicyclic amines) is 1. The molecule has 142 valence electrons. The van der Waals surface area contributed by atoms with Crippen molar-refractivity contribution < 1.29 is 14.3 Å². The topological polar surface area (TPSA) is 46.6 Å². The van der Waals surface area contributed by atoms with Crippen LogP contribution < -0.4 is 4.74 Å². The average Bonchev–Trinajstić information content (AvgIpc) is 2.71. The van der Waals surface area contributed by atoms with Gasteiger partial charge in [-0.1, -0.05) is 18.2 Å². The maximum absolute atomic E-state index is 13.1. The summed E-state index contributed by atoms with van der Waals surface area (Å²) in [5, 5.41) is 0. The van der Waals surface area contributed by atoms with Crippen molar-refractivity contribution in [1.82, 2.24) is 4.90 Å². The van der Waals surface area contributed by atoms with Crippen LogP contribution in [0.3, 0.4) is 0 Å². The van der Waals surface area contributed by atoms with E-state index in [1.165, 1.54) is 6.42 Å². The number of amides is 1. The van der Waals surface area contributed by atoms with Crippen LogP contribution in [-0.4, -0.2) is 29.9 Å². The van der Waals surface area contributed by atoms with E-state index in [9.17, 15) is 9.59 Å². The maximum Gasteiger partial charge on any atom is 0.343 e. The predicted octanol–water partition coefficient (Wildman–Crippen LogP) is 4.77. The summed E-state index contributed by atoms with van der Waals surface area (Å²) in [6, 6.07) is 8.96. The number of carbonyl (C=O) groups is 2. The summed E-state index contributed by atoms with van der Waals surface area (Å²) in [5.74, 6) is 0.279. The number of benzene rings is 2. The monoisotopic (exact) mass is 365 g/mol. The fourth-order valence-corrected chi connectivity index (χ4v) is 3.73. The molecule has 3 rings (SSSR count). The summed E-state index contributed by atoms with van der Waals surface area (Å²) in [5.41, 5.74) is 4.76. The largest absolute Gasteiger partial charge is 0.422 e. The Morgan fingerprint density at radius 3 is 1.93 bits per heavy atom. The van der Waals surface area contributed by atoms with Crippen LogP contribution >= 0.6 is 0 Å². The summed E-state index contributed by atoms with van der Waals surface area (Å²) in [4.78, 5) is 27.6. The van der Waals surface area contributed by atoms with E-state index in [0.29, 0.717) is 11.3 Å². The number of hydrogen-bond donors (Lipinski definition) is 0. The van der Waals surface area contributed by atoms with Gasteiger partial charge in [0.25, 0.3) is 5.91 Å². The zero-order valence-electron chi connectivity index (χ0n) is 16.6. The van der Waals surface area contributed by atoms with Gasteiger partial charge in [-0.2, -0.15) is 0 Å². The molecule has 4 heteroatoms. The zero-order chi connectivity index (χ0) is 19.6. The van der Waals surface area contributed by atoms with E-state index in [1.54, 1.807) is 12.1 Å². The third-order valence-electron chi connectivity index (χ3n) is 5.62. The van der Waals surface area contributed by atoms with Crippen molar-refractivity contribution in [3.05, 3.63) is 63.7 Å². The van der Waals surface area contributed by atoms with Gasteiger partial charge in [0, 0.05) is 18.7 Å². The molecule has 2 aromatic carbocycles. The van der Waals surface area contributed by atoms with Crippen molar-refractivity contribution >= 4 is 11.9 Å². The summed E-state index contributed by atoms with van der Waals surface area (Å²) < 4.78 is 5.74. The molecule has 1 saturated heterocycles. The number of carbonyl (C=O) groups excluding carboxylic acids is 2. The molecule has 4 nitrogen and oxygen atoms in total. The van der Waals surface area contributed by atoms with Crippen LogP contribution in [0.1, 0.15) is 62.2 Å². The first-order valence-electron chi connectivity index (χ1n) is 9.58. The Hall–Kier alpha value is -2.62. The first-order valence-corrected chi connectivity index (χ1v) is 9.58. The van der Waals surface area contributed by atoms with Crippen LogP contribution in [0.5, 0.6) is 5.75 Å². The molecular weight excluding hydrogens is 338 g/mol. The van der Waals surface area contributed by atoms with Crippen molar-refractivity contribution in [2.24, 2.45) is 0 Å². The summed E-state index contributed by atoms with van der Waals surface area (Å²) in [6.07, 6.45) is 3.32. The smallest absolute Gasteiger partial charge is 0.343 e. The Bertz CT molecular complexity index is 836. The molecule has 2 aromatic rings. The van der Waals surface area contributed by atoms with Crippen molar-refractivity contribution in [2.45, 2.75) is 47.0 Å². The van der Waals surface area contributed by atoms with Crippen LogP contribution in [-0.2, 0) is 0 Å². The van der Waals surface area contributed by atoms with E-state index in [0.717, 1.165) is 53.7 Å². The van der Waals surface area contributed by atoms with E-state index in [2.05, 4.69) is 0 Å². The van der Waals surface area contributed by atoms with Gasteiger partial charge in [-0.25, -0.2) is 4.79 Å². The minimum Gasteiger partial charge on any atom is -0.422 e. The van der Waals surface area contributed by atoms with Gasteiger partial charge in [-0.05, 0) is 81.3 Å². The fraction of sp³-hybridized carbons (Fsp3) is 0.391. The first kappa shape index (κ1) is 19.2. The minimum absolute atomic E-state index is 0.0943. The van der Waals surface area contributed by atoms with Gasteiger partial charge in [0.15, 0.2) is 0 Å². The highest BCUT2D eigenvalue weighted by atomic mass is 16.5. The molecule has 27 heavy (non-hydrogen) atoms. The molecule has 0 aliphatic carbocycles. The van der Waals surface area contributed by atoms with Gasteiger partial charge in [0.2, 0.25) is 0 Å². The van der Waals surface area contributed by atoms with Gasteiger partial charge < -0.3 is 9.64 Å². The highest BCUT2D eigenvalue weighted by molar-refractivity contribution is 5.99. The summed E-state index contributed by atoms with van der Waals surface area (Å²) in [7, 11) is 0. The van der Waals surface area contributed by atoms with Gasteiger partial charge in [0.1, 0.15) is 5.75 Å². The molecular formula is C23H27NO3. The van der Waals surface area contributed by atoms with Crippen LogP contribution in [0, 0.1) is 27.7 Å². The SMILES string of the molecule is Cc1c(C)c(C(=O)N2CCCCC2)c(C)c(C)c1OC(=O)c1ccccc1. The number of esters is 1. The fourth-order valence-electron chi connectivity index (χ4n) is 3.73. The lowest BCUT2D eigenvalue weighted by molar-refractivity contribution is 0.0722. The molecule has 1 fully saturated rings. The molecule has 0 aromatic heterocycles. The first-order chi connectivity index (χ1) is 12.9. The zero-order valence-corrected chi connectivity index (χ0v) is 16.6. The van der Waals surface area contributed by atoms with Crippen LogP contribution in [0.15, 0.2) is 30.3 Å². The lowest BCUT2D eigenvalue weighted by atomic mass is 9.91. The lowest BCUT2D eigenvalue weighted by Crippen LogP contribution is -2.36. The molecule has 0 unspecified atom stereocenters. The number of hydrogen-bond acceptors (Lipinski definition) is 3. The Morgan fingerprint density at radius 2 is 1.37 bits per heavy atom. The van der Waals surface area contributed by atoms with Gasteiger partial charge in [-0.3, -0.25) is 4.79 Å². The number of ether oxygens (including phenoxy) is 1. The summed E-state index contributed by atoms with van der Waals surface area (Å²) in [6.45, 7) is 9.36. The quantitative estimate of drug-likeness (QED) is 0.582. The molecule has 0 atom stereocenters. The Morgan fingerprint density at radius 1 is 0.815 bits per heavy atom. The van der Waals surface area contributed by atoms with E-state index >= 15 is 0 Å². The Kier molecular flexibility index (Phi) is 5.64. The molecule has 1 heterocycles. The Labute approximate surface area is 161 Å². The molecule has 1 aliphatic heterocycles. The van der Waals surface area contributed by atoms with E-state index in [4.69, 9.17) is 4.74 Å². The number of nitrogens with zero attached hydrogens (tertiary/aromatic N) is 1. The second-order valence-electron chi connectivity index (χ2n) is 7.31. The number of piperidine rings is 1. The van der Waals surface area contributed by atoms with Crippen molar-refractivity contribution in [2.75, 3.05) is 13.1 Å². The predicted molar refractivity (Wildman–Crippen MR) is 107 cm³/mol. The Balaban J connectivity index is 1.96. The third kappa shape index (κ3) is 3.75. The van der Waals surface area contributed by atoms with E-state index in [1.807, 2.05) is 50.8 Å². The van der Waals surface area contributed by atoms with Gasteiger partial charge in [-0.15, -0.1) is 0 Å². The van der Waals surface area contributed by atoms with Crippen molar-refractivity contribution in [3.8, 4) is 5.75 Å². The molecule has 0 radical (unpaired) electrons. The lowest BCUT2D eigenvalue weighted by Gasteiger charge is -2.29. The molecule has 0 saturated carbocycles. The van der Waals surface area contributed by atoms with Crippen molar-refractivity contribution in [3.63, 3.8) is 0 Å². The van der Waals surface area contributed by atoms with Crippen LogP contribution in [0.4, 0.5) is 0 Å². The maximum atomic E-state index is 13.1. The highest BCUT2D eigenvalue weighted by Gasteiger charge is 2.26. The third-order valence-corrected chi connectivity index (χ3v) is 5.62. The molecule has 0 bridgehead atoms. The van der Waals surface area contributed by atoms with Crippen molar-refractivity contribution in [1.29, 1.82) is 0 Å². The standard InChI is InChI=1S/C23H27NO3/c1-15-17(3)21(27-23(26)19-11-7-5-8-12-19)18(4)16(2)20(15)22(25)24-13-9-6-10-14-24/h5,7-8,11-12H,6,9-10,13-14H2,1-4H3. The normalized spacial score (nSPS) is 14.1. The van der Waals surface area contributed by atoms with Crippen LogP contribution in [0.25, 0.3) is 0 Å². The highest BCUT2D eigenvalue weighted by Crippen LogP contribution is 2.34. The van der Waals surface area contributed by atoms with E-state index < -0.39 is 0 Å².